The Bertz CT molecular complexity index is 35.8. The molecule has 0 saturated heterocycles. The van der Waals surface area contributed by atoms with E-state index in [1.807, 2.05) is 6.92 Å². The van der Waals surface area contributed by atoms with Crippen LogP contribution in [0.1, 0.15) is 33.6 Å². The fourth-order valence-electron chi connectivity index (χ4n) is 0.144. The normalized spacial score (nSPS) is 7.80. The van der Waals surface area contributed by atoms with E-state index < -0.39 is 6.10 Å². The van der Waals surface area contributed by atoms with Crippen molar-refractivity contribution in [2.24, 2.45) is 0 Å². The molecule has 2 nitrogen and oxygen atoms in total. The first-order chi connectivity index (χ1) is 4.15. The van der Waals surface area contributed by atoms with Gasteiger partial charge in [0.15, 0.2) is 0 Å². The molecule has 0 aliphatic heterocycles. The molecule has 0 aromatic carbocycles. The summed E-state index contributed by atoms with van der Waals surface area (Å²) in [6, 6.07) is 0. The molecule has 0 atom stereocenters. The minimum absolute atomic E-state index is 0. The Kier molecular flexibility index (Phi) is 27.6. The van der Waals surface area contributed by atoms with Crippen LogP contribution in [0.5, 0.6) is 0 Å². The van der Waals surface area contributed by atoms with Crippen molar-refractivity contribution in [2.45, 2.75) is 39.7 Å². The Labute approximate surface area is 78.5 Å². The number of rotatable bonds is 2. The first-order valence-electron chi connectivity index (χ1n) is 3.39. The molecular weight excluding hydrogens is 164 g/mol. The Hall–Kier alpha value is 0.634. The maximum Gasteiger partial charge on any atom is 4.00 e. The Morgan fingerprint density at radius 3 is 1.60 bits per heavy atom. The topological polar surface area (TPSA) is 46.1 Å². The quantitative estimate of drug-likeness (QED) is 0.557. The molecule has 0 fully saturated rings. The molecule has 0 N–H and O–H groups in total. The first kappa shape index (κ1) is 16.9. The van der Waals surface area contributed by atoms with Crippen molar-refractivity contribution < 1.29 is 31.9 Å². The molecule has 0 heterocycles. The van der Waals surface area contributed by atoms with Gasteiger partial charge < -0.3 is 10.2 Å². The van der Waals surface area contributed by atoms with Crippen LogP contribution in [0.4, 0.5) is 0 Å². The van der Waals surface area contributed by atoms with Crippen LogP contribution in [0.25, 0.3) is 0 Å². The third-order valence-electron chi connectivity index (χ3n) is 0.498. The molecule has 0 amide bonds. The molecule has 0 spiro atoms. The second-order valence-electron chi connectivity index (χ2n) is 2.11. The predicted octanol–water partition coefficient (Wildman–Crippen LogP) is -0.101. The van der Waals surface area contributed by atoms with Crippen molar-refractivity contribution in [2.75, 3.05) is 6.61 Å². The first-order valence-corrected chi connectivity index (χ1v) is 3.39. The molecule has 0 radical (unpaired) electrons. The van der Waals surface area contributed by atoms with Crippen molar-refractivity contribution in [3.63, 3.8) is 0 Å². The van der Waals surface area contributed by atoms with E-state index in [1.165, 1.54) is 0 Å². The van der Waals surface area contributed by atoms with E-state index in [9.17, 15) is 10.2 Å². The number of hydrogen-bond acceptors (Lipinski definition) is 2. The summed E-state index contributed by atoms with van der Waals surface area (Å²) in [7, 11) is 0. The van der Waals surface area contributed by atoms with E-state index in [4.69, 9.17) is 0 Å². The zero-order valence-corrected chi connectivity index (χ0v) is 8.58. The van der Waals surface area contributed by atoms with Crippen LogP contribution in [-0.2, 0) is 21.7 Å². The number of hydrogen-bond donors (Lipinski definition) is 0. The second-order valence-corrected chi connectivity index (χ2v) is 2.11. The molecular formula is C7H16O2Ti+2. The Balaban J connectivity index is -0.0000000910. The van der Waals surface area contributed by atoms with Crippen molar-refractivity contribution in [3.05, 3.63) is 0 Å². The van der Waals surface area contributed by atoms with Gasteiger partial charge in [-0.15, -0.1) is 12.7 Å². The molecule has 0 aliphatic rings. The van der Waals surface area contributed by atoms with Gasteiger partial charge in [-0.25, -0.2) is 0 Å². The van der Waals surface area contributed by atoms with Crippen LogP contribution in [0.2, 0.25) is 0 Å². The van der Waals surface area contributed by atoms with E-state index in [0.717, 1.165) is 12.8 Å². The Morgan fingerprint density at radius 1 is 1.30 bits per heavy atom. The summed E-state index contributed by atoms with van der Waals surface area (Å²) in [5.74, 6) is 0. The monoisotopic (exact) mass is 180 g/mol. The molecule has 0 aromatic heterocycles. The fourth-order valence-corrected chi connectivity index (χ4v) is 0.144. The van der Waals surface area contributed by atoms with E-state index in [-0.39, 0.29) is 28.3 Å². The molecule has 0 aromatic rings. The van der Waals surface area contributed by atoms with Gasteiger partial charge in [0, 0.05) is 0 Å². The van der Waals surface area contributed by atoms with Gasteiger partial charge in [-0.1, -0.05) is 33.6 Å². The molecule has 0 bridgehead atoms. The van der Waals surface area contributed by atoms with Crippen molar-refractivity contribution in [1.29, 1.82) is 0 Å². The fraction of sp³-hybridized carbons (Fsp3) is 1.00. The van der Waals surface area contributed by atoms with E-state index in [2.05, 4.69) is 0 Å². The summed E-state index contributed by atoms with van der Waals surface area (Å²) in [5, 5.41) is 19.1. The maximum absolute atomic E-state index is 9.53. The standard InChI is InChI=1S/C4H9O.C3H7O.Ti/c1-2-3-4-5;1-3(2)4;/h2-4H2,1H3;3H,1-2H3;/q2*-1;+4. The van der Waals surface area contributed by atoms with Crippen LogP contribution in [0, 0.1) is 0 Å². The maximum atomic E-state index is 9.53. The van der Waals surface area contributed by atoms with Gasteiger partial charge in [-0.2, -0.15) is 0 Å². The van der Waals surface area contributed by atoms with Crippen LogP contribution >= 0.6 is 0 Å². The summed E-state index contributed by atoms with van der Waals surface area (Å²) < 4.78 is 0. The van der Waals surface area contributed by atoms with Gasteiger partial charge in [0.2, 0.25) is 0 Å². The molecule has 0 aliphatic carbocycles. The SMILES string of the molecule is CC(C)[O-].CCCC[O-].[Ti+4]. The summed E-state index contributed by atoms with van der Waals surface area (Å²) >= 11 is 0. The van der Waals surface area contributed by atoms with E-state index >= 15 is 0 Å². The molecule has 58 valence electrons. The van der Waals surface area contributed by atoms with Crippen molar-refractivity contribution >= 4 is 0 Å². The van der Waals surface area contributed by atoms with Crippen LogP contribution in [-0.4, -0.2) is 12.7 Å². The molecule has 0 unspecified atom stereocenters. The van der Waals surface area contributed by atoms with Gasteiger partial charge in [-0.3, -0.25) is 0 Å². The number of unbranched alkanes of at least 4 members (excludes halogenated alkanes) is 1. The average Bonchev–Trinajstić information content (AvgIpc) is 1.66. The smallest absolute Gasteiger partial charge is 0.854 e. The second kappa shape index (κ2) is 16.3. The van der Waals surface area contributed by atoms with Gasteiger partial charge in [0.25, 0.3) is 0 Å². The zero-order valence-electron chi connectivity index (χ0n) is 7.02. The third kappa shape index (κ3) is 72.5. The molecule has 0 saturated carbocycles. The zero-order chi connectivity index (χ0) is 7.70. The van der Waals surface area contributed by atoms with Gasteiger partial charge in [-0.05, 0) is 0 Å². The largest absolute Gasteiger partial charge is 4.00 e. The minimum Gasteiger partial charge on any atom is -0.854 e. The average molecular weight is 180 g/mol. The van der Waals surface area contributed by atoms with Gasteiger partial charge in [0.05, 0.1) is 0 Å². The van der Waals surface area contributed by atoms with Crippen molar-refractivity contribution in [3.8, 4) is 0 Å². The predicted molar refractivity (Wildman–Crippen MR) is 34.9 cm³/mol. The minimum atomic E-state index is -0.417. The summed E-state index contributed by atoms with van der Waals surface area (Å²) in [4.78, 5) is 0. The van der Waals surface area contributed by atoms with Crippen molar-refractivity contribution in [1.82, 2.24) is 0 Å². The van der Waals surface area contributed by atoms with Crippen LogP contribution < -0.4 is 10.2 Å². The van der Waals surface area contributed by atoms with Gasteiger partial charge in [0.1, 0.15) is 0 Å². The summed E-state index contributed by atoms with van der Waals surface area (Å²) in [6.45, 7) is 5.33. The Morgan fingerprint density at radius 2 is 1.60 bits per heavy atom. The summed E-state index contributed by atoms with van der Waals surface area (Å²) in [5.41, 5.74) is 0. The van der Waals surface area contributed by atoms with Crippen LogP contribution in [0.3, 0.4) is 0 Å². The molecule has 10 heavy (non-hydrogen) atoms. The molecule has 0 rings (SSSR count). The molecule has 3 heteroatoms. The van der Waals surface area contributed by atoms with E-state index in [1.54, 1.807) is 13.8 Å². The van der Waals surface area contributed by atoms with Gasteiger partial charge >= 0.3 is 21.7 Å². The van der Waals surface area contributed by atoms with E-state index in [0.29, 0.717) is 0 Å². The third-order valence-corrected chi connectivity index (χ3v) is 0.498. The summed E-state index contributed by atoms with van der Waals surface area (Å²) in [6.07, 6.45) is 1.45. The van der Waals surface area contributed by atoms with Crippen LogP contribution in [0.15, 0.2) is 0 Å².